The number of aliphatic hydroxyl groups excluding tert-OH is 1. The molecule has 3 N–H and O–H groups in total. The van der Waals surface area contributed by atoms with Crippen LogP contribution in [0.4, 0.5) is 0 Å². The number of nitrogen functional groups attached to an aromatic ring is 1. The van der Waals surface area contributed by atoms with E-state index in [1.54, 1.807) is 6.92 Å². The summed E-state index contributed by atoms with van der Waals surface area (Å²) in [5.74, 6) is 5.66. The lowest BCUT2D eigenvalue weighted by Gasteiger charge is -2.05. The fourth-order valence-electron chi connectivity index (χ4n) is 1.63. The summed E-state index contributed by atoms with van der Waals surface area (Å²) in [5.41, 5.74) is 2.71. The monoisotopic (exact) mass is 206 g/mol. The largest absolute Gasteiger partial charge is 0.393 e. The molecule has 1 atom stereocenters. The van der Waals surface area contributed by atoms with E-state index in [1.807, 2.05) is 18.2 Å². The highest BCUT2D eigenvalue weighted by molar-refractivity contribution is 5.78. The molecule has 1 aromatic heterocycles. The van der Waals surface area contributed by atoms with Gasteiger partial charge in [0.15, 0.2) is 0 Å². The van der Waals surface area contributed by atoms with E-state index in [1.165, 1.54) is 4.79 Å². The van der Waals surface area contributed by atoms with Crippen molar-refractivity contribution in [1.29, 1.82) is 0 Å². The van der Waals surface area contributed by atoms with Gasteiger partial charge in [0.1, 0.15) is 11.0 Å². The van der Waals surface area contributed by atoms with Crippen molar-refractivity contribution in [1.82, 2.24) is 15.1 Å². The molecule has 15 heavy (non-hydrogen) atoms. The summed E-state index contributed by atoms with van der Waals surface area (Å²) in [5, 5.41) is 16.9. The van der Waals surface area contributed by atoms with Gasteiger partial charge < -0.3 is 10.9 Å². The van der Waals surface area contributed by atoms with E-state index in [0.29, 0.717) is 6.42 Å². The molecule has 0 bridgehead atoms. The highest BCUT2D eigenvalue weighted by atomic mass is 16.3. The van der Waals surface area contributed by atoms with E-state index >= 15 is 0 Å². The lowest BCUT2D eigenvalue weighted by Crippen LogP contribution is -2.11. The van der Waals surface area contributed by atoms with Gasteiger partial charge in [0.25, 0.3) is 0 Å². The van der Waals surface area contributed by atoms with E-state index in [2.05, 4.69) is 10.3 Å². The quantitative estimate of drug-likeness (QED) is 0.715. The summed E-state index contributed by atoms with van der Waals surface area (Å²) >= 11 is 0. The standard InChI is InChI=1S/C10H14N4O/c1-7(15)5-6-8-3-2-4-9-10(8)14(11)13-12-9/h2-4,7,15H,5-6,11H2,1H3/t7-/m0/s1. The highest BCUT2D eigenvalue weighted by Gasteiger charge is 2.08. The molecule has 0 amide bonds. The minimum absolute atomic E-state index is 0.303. The average Bonchev–Trinajstić information content (AvgIpc) is 2.58. The molecule has 0 saturated heterocycles. The Labute approximate surface area is 87.5 Å². The summed E-state index contributed by atoms with van der Waals surface area (Å²) in [4.78, 5) is 1.28. The number of hydrogen-bond acceptors (Lipinski definition) is 4. The molecular weight excluding hydrogens is 192 g/mol. The zero-order valence-corrected chi connectivity index (χ0v) is 8.59. The lowest BCUT2D eigenvalue weighted by atomic mass is 10.1. The zero-order valence-electron chi connectivity index (χ0n) is 8.59. The maximum atomic E-state index is 9.24. The minimum atomic E-state index is -0.303. The number of nitrogens with zero attached hydrogens (tertiary/aromatic N) is 3. The molecule has 80 valence electrons. The van der Waals surface area contributed by atoms with Crippen molar-refractivity contribution in [3.05, 3.63) is 23.8 Å². The first-order valence-corrected chi connectivity index (χ1v) is 4.95. The average molecular weight is 206 g/mol. The van der Waals surface area contributed by atoms with Crippen LogP contribution in [0, 0.1) is 0 Å². The maximum absolute atomic E-state index is 9.24. The van der Waals surface area contributed by atoms with Crippen LogP contribution in [0.2, 0.25) is 0 Å². The number of fused-ring (bicyclic) bond motifs is 1. The van der Waals surface area contributed by atoms with Gasteiger partial charge in [-0.1, -0.05) is 12.1 Å². The molecule has 0 unspecified atom stereocenters. The summed E-state index contributed by atoms with van der Waals surface area (Å²) in [7, 11) is 0. The summed E-state index contributed by atoms with van der Waals surface area (Å²) in [6.07, 6.45) is 1.19. The van der Waals surface area contributed by atoms with E-state index in [0.717, 1.165) is 23.0 Å². The van der Waals surface area contributed by atoms with E-state index in [4.69, 9.17) is 5.84 Å². The van der Waals surface area contributed by atoms with Crippen LogP contribution in [0.1, 0.15) is 18.9 Å². The molecular formula is C10H14N4O. The number of aryl methyl sites for hydroxylation is 1. The van der Waals surface area contributed by atoms with Gasteiger partial charge in [-0.15, -0.1) is 5.10 Å². The fraction of sp³-hybridized carbons (Fsp3) is 0.400. The molecule has 0 spiro atoms. The van der Waals surface area contributed by atoms with E-state index in [9.17, 15) is 5.11 Å². The maximum Gasteiger partial charge on any atom is 0.115 e. The summed E-state index contributed by atoms with van der Waals surface area (Å²) in [6.45, 7) is 1.78. The molecule has 0 saturated carbocycles. The zero-order chi connectivity index (χ0) is 10.8. The number of rotatable bonds is 3. The van der Waals surface area contributed by atoms with Crippen molar-refractivity contribution in [3.8, 4) is 0 Å². The minimum Gasteiger partial charge on any atom is -0.393 e. The lowest BCUT2D eigenvalue weighted by molar-refractivity contribution is 0.185. The van der Waals surface area contributed by atoms with Crippen molar-refractivity contribution in [2.24, 2.45) is 0 Å². The Morgan fingerprint density at radius 2 is 2.33 bits per heavy atom. The van der Waals surface area contributed by atoms with Crippen LogP contribution in [0.15, 0.2) is 18.2 Å². The third kappa shape index (κ3) is 1.92. The van der Waals surface area contributed by atoms with Crippen molar-refractivity contribution >= 4 is 11.0 Å². The normalized spacial score (nSPS) is 13.2. The number of para-hydroxylation sites is 1. The smallest absolute Gasteiger partial charge is 0.115 e. The number of aliphatic hydroxyl groups is 1. The Kier molecular flexibility index (Phi) is 2.55. The van der Waals surface area contributed by atoms with Gasteiger partial charge in [0.05, 0.1) is 6.10 Å². The molecule has 0 aliphatic rings. The first kappa shape index (κ1) is 9.92. The van der Waals surface area contributed by atoms with Crippen molar-refractivity contribution in [3.63, 3.8) is 0 Å². The predicted octanol–water partition coefficient (Wildman–Crippen LogP) is 0.458. The Balaban J connectivity index is 2.37. The number of aromatic nitrogens is 3. The van der Waals surface area contributed by atoms with Gasteiger partial charge in [-0.05, 0) is 36.6 Å². The predicted molar refractivity (Wildman–Crippen MR) is 57.7 cm³/mol. The van der Waals surface area contributed by atoms with E-state index < -0.39 is 0 Å². The molecule has 5 heteroatoms. The highest BCUT2D eigenvalue weighted by Crippen LogP contribution is 2.16. The van der Waals surface area contributed by atoms with Crippen LogP contribution in [0.5, 0.6) is 0 Å². The third-order valence-electron chi connectivity index (χ3n) is 2.41. The summed E-state index contributed by atoms with van der Waals surface area (Å²) in [6, 6.07) is 5.78. The topological polar surface area (TPSA) is 77.0 Å². The van der Waals surface area contributed by atoms with Gasteiger partial charge in [-0.2, -0.15) is 4.79 Å². The van der Waals surface area contributed by atoms with Gasteiger partial charge >= 0.3 is 0 Å². The molecule has 5 nitrogen and oxygen atoms in total. The van der Waals surface area contributed by atoms with Crippen LogP contribution < -0.4 is 5.84 Å². The second-order valence-electron chi connectivity index (χ2n) is 3.71. The SMILES string of the molecule is C[C@H](O)CCc1cccc2nnn(N)c12. The summed E-state index contributed by atoms with van der Waals surface area (Å²) < 4.78 is 0. The van der Waals surface area contributed by atoms with Crippen LogP contribution in [-0.2, 0) is 6.42 Å². The van der Waals surface area contributed by atoms with Crippen LogP contribution >= 0.6 is 0 Å². The van der Waals surface area contributed by atoms with E-state index in [-0.39, 0.29) is 6.10 Å². The molecule has 1 aromatic carbocycles. The third-order valence-corrected chi connectivity index (χ3v) is 2.41. The molecule has 0 aliphatic heterocycles. The molecule has 0 fully saturated rings. The van der Waals surface area contributed by atoms with Gasteiger partial charge in [0, 0.05) is 0 Å². The first-order valence-electron chi connectivity index (χ1n) is 4.95. The number of nitrogens with two attached hydrogens (primary N) is 1. The van der Waals surface area contributed by atoms with Gasteiger partial charge in [-0.3, -0.25) is 0 Å². The Morgan fingerprint density at radius 3 is 3.07 bits per heavy atom. The fourth-order valence-corrected chi connectivity index (χ4v) is 1.63. The van der Waals surface area contributed by atoms with Crippen LogP contribution in [-0.4, -0.2) is 26.3 Å². The first-order chi connectivity index (χ1) is 7.18. The molecule has 0 radical (unpaired) electrons. The van der Waals surface area contributed by atoms with Crippen molar-refractivity contribution in [2.75, 3.05) is 5.84 Å². The number of benzene rings is 1. The van der Waals surface area contributed by atoms with Crippen molar-refractivity contribution < 1.29 is 5.11 Å². The number of hydrogen-bond donors (Lipinski definition) is 2. The van der Waals surface area contributed by atoms with Crippen LogP contribution in [0.25, 0.3) is 11.0 Å². The molecule has 1 heterocycles. The van der Waals surface area contributed by atoms with Crippen molar-refractivity contribution in [2.45, 2.75) is 25.9 Å². The molecule has 2 rings (SSSR count). The second kappa shape index (κ2) is 3.86. The Bertz CT molecular complexity index is 463. The molecule has 0 aliphatic carbocycles. The van der Waals surface area contributed by atoms with Crippen LogP contribution in [0.3, 0.4) is 0 Å². The molecule has 2 aromatic rings. The van der Waals surface area contributed by atoms with Gasteiger partial charge in [0.2, 0.25) is 0 Å². The van der Waals surface area contributed by atoms with Gasteiger partial charge in [-0.25, -0.2) is 0 Å². The Hall–Kier alpha value is -1.62. The second-order valence-corrected chi connectivity index (χ2v) is 3.71. The Morgan fingerprint density at radius 1 is 1.53 bits per heavy atom.